The van der Waals surface area contributed by atoms with Crippen LogP contribution in [0.15, 0.2) is 36.7 Å². The standard InChI is InChI=1S/C24H24F4N4O2/c25-20-5-1-15(9-19(20)24(26,27)28)2-6-23(33)32-8-7-31-14-18(10-17(31)13-32)34-22-12-29-21(11-30-22)16-3-4-16/h1-2,5-6,9,11-12,16-18H,3-4,7-8,10,13-14H2/t17-,18+/m0/s1. The van der Waals surface area contributed by atoms with Crippen LogP contribution in [-0.4, -0.2) is 64.0 Å². The Morgan fingerprint density at radius 2 is 1.94 bits per heavy atom. The van der Waals surface area contributed by atoms with Gasteiger partial charge in [-0.25, -0.2) is 9.37 Å². The molecule has 0 bridgehead atoms. The molecule has 180 valence electrons. The Balaban J connectivity index is 1.16. The summed E-state index contributed by atoms with van der Waals surface area (Å²) in [6.45, 7) is 2.45. The SMILES string of the molecule is O=C(C=Cc1ccc(F)c(C(F)(F)F)c1)N1CCN2C[C@H](Oc3cnc(C4CC4)cn3)C[C@H]2C1. The molecule has 0 spiro atoms. The molecule has 1 aliphatic carbocycles. The van der Waals surface area contributed by atoms with Gasteiger partial charge in [-0.3, -0.25) is 14.7 Å². The van der Waals surface area contributed by atoms with E-state index in [1.165, 1.54) is 18.2 Å². The zero-order valence-electron chi connectivity index (χ0n) is 18.3. The summed E-state index contributed by atoms with van der Waals surface area (Å²) in [6.07, 6.45) is 4.21. The maximum absolute atomic E-state index is 13.5. The third kappa shape index (κ3) is 5.06. The Morgan fingerprint density at radius 1 is 1.12 bits per heavy atom. The van der Waals surface area contributed by atoms with Crippen molar-refractivity contribution in [1.29, 1.82) is 0 Å². The lowest BCUT2D eigenvalue weighted by Gasteiger charge is -2.36. The molecule has 0 unspecified atom stereocenters. The molecule has 1 aromatic carbocycles. The van der Waals surface area contributed by atoms with Gasteiger partial charge >= 0.3 is 6.18 Å². The molecule has 2 atom stereocenters. The van der Waals surface area contributed by atoms with Crippen molar-refractivity contribution in [3.05, 3.63) is 59.3 Å². The van der Waals surface area contributed by atoms with Gasteiger partial charge in [0.25, 0.3) is 0 Å². The molecule has 6 nitrogen and oxygen atoms in total. The number of hydrogen-bond donors (Lipinski definition) is 0. The van der Waals surface area contributed by atoms with Crippen LogP contribution < -0.4 is 4.74 Å². The maximum atomic E-state index is 13.5. The highest BCUT2D eigenvalue weighted by molar-refractivity contribution is 5.91. The quantitative estimate of drug-likeness (QED) is 0.484. The van der Waals surface area contributed by atoms with Crippen LogP contribution in [0.5, 0.6) is 5.88 Å². The fourth-order valence-corrected chi connectivity index (χ4v) is 4.57. The van der Waals surface area contributed by atoms with E-state index in [0.29, 0.717) is 37.5 Å². The monoisotopic (exact) mass is 476 g/mol. The molecule has 1 aromatic heterocycles. The van der Waals surface area contributed by atoms with E-state index in [-0.39, 0.29) is 23.6 Å². The minimum Gasteiger partial charge on any atom is -0.472 e. The zero-order chi connectivity index (χ0) is 23.9. The van der Waals surface area contributed by atoms with Gasteiger partial charge in [-0.15, -0.1) is 0 Å². The van der Waals surface area contributed by atoms with Gasteiger partial charge in [-0.2, -0.15) is 13.2 Å². The number of carbonyl (C=O) groups is 1. The number of nitrogens with zero attached hydrogens (tertiary/aromatic N) is 4. The summed E-state index contributed by atoms with van der Waals surface area (Å²) >= 11 is 0. The summed E-state index contributed by atoms with van der Waals surface area (Å²) in [7, 11) is 0. The molecule has 34 heavy (non-hydrogen) atoms. The highest BCUT2D eigenvalue weighted by Gasteiger charge is 2.38. The van der Waals surface area contributed by atoms with Crippen LogP contribution in [0, 0.1) is 5.82 Å². The van der Waals surface area contributed by atoms with Crippen molar-refractivity contribution in [2.75, 3.05) is 26.2 Å². The third-order valence-electron chi connectivity index (χ3n) is 6.53. The number of carbonyl (C=O) groups excluding carboxylic acids is 1. The summed E-state index contributed by atoms with van der Waals surface area (Å²) in [4.78, 5) is 25.4. The molecular formula is C24H24F4N4O2. The lowest BCUT2D eigenvalue weighted by Crippen LogP contribution is -2.51. The second-order valence-corrected chi connectivity index (χ2v) is 9.03. The lowest BCUT2D eigenvalue weighted by atomic mass is 10.1. The number of halogens is 4. The Hall–Kier alpha value is -3.01. The number of piperazine rings is 1. The number of hydrogen-bond acceptors (Lipinski definition) is 5. The van der Waals surface area contributed by atoms with Gasteiger partial charge in [0, 0.05) is 50.6 Å². The number of alkyl halides is 3. The minimum atomic E-state index is -4.79. The summed E-state index contributed by atoms with van der Waals surface area (Å²) in [5.74, 6) is -0.588. The van der Waals surface area contributed by atoms with Crippen LogP contribution in [0.4, 0.5) is 17.6 Å². The van der Waals surface area contributed by atoms with Gasteiger partial charge < -0.3 is 9.64 Å². The van der Waals surface area contributed by atoms with E-state index in [1.807, 2.05) is 0 Å². The van der Waals surface area contributed by atoms with Crippen molar-refractivity contribution >= 4 is 12.0 Å². The summed E-state index contributed by atoms with van der Waals surface area (Å²) < 4.78 is 58.2. The number of rotatable bonds is 5. The van der Waals surface area contributed by atoms with Crippen molar-refractivity contribution in [2.24, 2.45) is 0 Å². The van der Waals surface area contributed by atoms with Crippen LogP contribution >= 0.6 is 0 Å². The van der Waals surface area contributed by atoms with Crippen LogP contribution in [0.2, 0.25) is 0 Å². The fourth-order valence-electron chi connectivity index (χ4n) is 4.57. The number of aromatic nitrogens is 2. The molecule has 0 N–H and O–H groups in total. The number of ether oxygens (including phenoxy) is 1. The van der Waals surface area contributed by atoms with Crippen molar-refractivity contribution in [1.82, 2.24) is 19.8 Å². The van der Waals surface area contributed by atoms with Crippen molar-refractivity contribution < 1.29 is 27.1 Å². The van der Waals surface area contributed by atoms with E-state index in [4.69, 9.17) is 4.74 Å². The van der Waals surface area contributed by atoms with Crippen molar-refractivity contribution in [3.63, 3.8) is 0 Å². The molecule has 2 saturated heterocycles. The Bertz CT molecular complexity index is 1090. The van der Waals surface area contributed by atoms with E-state index in [1.54, 1.807) is 17.3 Å². The average molecular weight is 476 g/mol. The van der Waals surface area contributed by atoms with Gasteiger partial charge in [0.1, 0.15) is 11.9 Å². The predicted octanol–water partition coefficient (Wildman–Crippen LogP) is 3.89. The Labute approximate surface area is 194 Å². The van der Waals surface area contributed by atoms with Crippen LogP contribution in [-0.2, 0) is 11.0 Å². The molecule has 0 radical (unpaired) electrons. The van der Waals surface area contributed by atoms with E-state index in [9.17, 15) is 22.4 Å². The van der Waals surface area contributed by atoms with Gasteiger partial charge in [-0.05, 0) is 36.6 Å². The summed E-state index contributed by atoms with van der Waals surface area (Å²) in [5, 5.41) is 0. The molecule has 5 rings (SSSR count). The maximum Gasteiger partial charge on any atom is 0.419 e. The minimum absolute atomic E-state index is 0.0447. The first-order chi connectivity index (χ1) is 16.3. The molecular weight excluding hydrogens is 452 g/mol. The Kier molecular flexibility index (Phi) is 6.01. The molecule has 3 aliphatic rings. The normalized spacial score (nSPS) is 23.4. The van der Waals surface area contributed by atoms with E-state index in [2.05, 4.69) is 14.9 Å². The number of fused-ring (bicyclic) bond motifs is 1. The van der Waals surface area contributed by atoms with Crippen molar-refractivity contribution in [2.45, 2.75) is 43.5 Å². The summed E-state index contributed by atoms with van der Waals surface area (Å²) in [5.41, 5.74) is -0.225. The molecule has 3 fully saturated rings. The molecule has 1 saturated carbocycles. The Morgan fingerprint density at radius 3 is 2.65 bits per heavy atom. The molecule has 10 heteroatoms. The highest BCUT2D eigenvalue weighted by atomic mass is 19.4. The topological polar surface area (TPSA) is 58.6 Å². The number of amides is 1. The third-order valence-corrected chi connectivity index (χ3v) is 6.53. The van der Waals surface area contributed by atoms with Gasteiger partial charge in [0.05, 0.1) is 23.7 Å². The lowest BCUT2D eigenvalue weighted by molar-refractivity contribution is -0.140. The van der Waals surface area contributed by atoms with Gasteiger partial charge in [-0.1, -0.05) is 6.07 Å². The predicted molar refractivity (Wildman–Crippen MR) is 115 cm³/mol. The molecule has 1 amide bonds. The fraction of sp³-hybridized carbons (Fsp3) is 0.458. The average Bonchev–Trinajstić information content (AvgIpc) is 3.57. The van der Waals surface area contributed by atoms with E-state index < -0.39 is 17.6 Å². The second kappa shape index (κ2) is 8.98. The molecule has 2 aliphatic heterocycles. The summed E-state index contributed by atoms with van der Waals surface area (Å²) in [6, 6.07) is 2.81. The second-order valence-electron chi connectivity index (χ2n) is 9.03. The molecule has 2 aromatic rings. The van der Waals surface area contributed by atoms with Gasteiger partial charge in [0.2, 0.25) is 11.8 Å². The van der Waals surface area contributed by atoms with E-state index in [0.717, 1.165) is 37.6 Å². The van der Waals surface area contributed by atoms with Crippen LogP contribution in [0.25, 0.3) is 6.08 Å². The largest absolute Gasteiger partial charge is 0.472 e. The zero-order valence-corrected chi connectivity index (χ0v) is 18.3. The molecule has 3 heterocycles. The highest BCUT2D eigenvalue weighted by Crippen LogP contribution is 2.38. The van der Waals surface area contributed by atoms with Crippen LogP contribution in [0.1, 0.15) is 42.0 Å². The first kappa shape index (κ1) is 22.8. The number of benzene rings is 1. The van der Waals surface area contributed by atoms with Crippen LogP contribution in [0.3, 0.4) is 0 Å². The van der Waals surface area contributed by atoms with Gasteiger partial charge in [0.15, 0.2) is 0 Å². The van der Waals surface area contributed by atoms with E-state index >= 15 is 0 Å². The van der Waals surface area contributed by atoms with Crippen molar-refractivity contribution in [3.8, 4) is 5.88 Å². The smallest absolute Gasteiger partial charge is 0.419 e. The first-order valence-corrected chi connectivity index (χ1v) is 11.3. The first-order valence-electron chi connectivity index (χ1n) is 11.3.